The number of rotatable bonds is 8. The first-order valence-corrected chi connectivity index (χ1v) is 10.8. The maximum Gasteiger partial charge on any atom is 0.277 e. The molecule has 0 fully saturated rings. The molecule has 0 unspecified atom stereocenters. The zero-order valence-electron chi connectivity index (χ0n) is 16.9. The van der Waals surface area contributed by atoms with Crippen LogP contribution in [-0.2, 0) is 11.3 Å². The first-order chi connectivity index (χ1) is 15.7. The Morgan fingerprint density at radius 1 is 1.09 bits per heavy atom. The number of carbonyl (C=O) groups excluding carboxylic acids is 1. The van der Waals surface area contributed by atoms with Gasteiger partial charge in [-0.05, 0) is 11.6 Å². The predicted molar refractivity (Wildman–Crippen MR) is 119 cm³/mol. The molecule has 2 aromatic heterocycles. The number of hydrogen-bond donors (Lipinski definition) is 1. The number of nitrogens with zero attached hydrogens (tertiary/aromatic N) is 5. The molecule has 0 spiro atoms. The van der Waals surface area contributed by atoms with Crippen LogP contribution >= 0.6 is 11.8 Å². The summed E-state index contributed by atoms with van der Waals surface area (Å²) in [6, 6.07) is 18.6. The lowest BCUT2D eigenvalue weighted by molar-refractivity contribution is -0.118. The molecule has 0 saturated heterocycles. The molecule has 0 aliphatic carbocycles. The zero-order valence-corrected chi connectivity index (χ0v) is 17.7. The van der Waals surface area contributed by atoms with Crippen LogP contribution in [0.5, 0.6) is 0 Å². The minimum Gasteiger partial charge on any atom is -0.409 e. The van der Waals surface area contributed by atoms with Crippen LogP contribution in [0.2, 0.25) is 0 Å². The van der Waals surface area contributed by atoms with Gasteiger partial charge in [0.15, 0.2) is 5.69 Å². The highest BCUT2D eigenvalue weighted by Crippen LogP contribution is 2.26. The largest absolute Gasteiger partial charge is 0.409 e. The first-order valence-electron chi connectivity index (χ1n) is 9.80. The fraction of sp³-hybridized carbons (Fsp3) is 0.182. The van der Waals surface area contributed by atoms with Crippen molar-refractivity contribution in [2.75, 3.05) is 12.3 Å². The van der Waals surface area contributed by atoms with Crippen LogP contribution in [0.25, 0.3) is 22.4 Å². The number of benzene rings is 2. The molecular formula is C22H18N6O3S. The molecule has 0 atom stereocenters. The van der Waals surface area contributed by atoms with Crippen molar-refractivity contribution in [2.24, 2.45) is 0 Å². The van der Waals surface area contributed by atoms with Crippen molar-refractivity contribution in [3.05, 3.63) is 70.5 Å². The van der Waals surface area contributed by atoms with E-state index in [-0.39, 0.29) is 34.8 Å². The maximum absolute atomic E-state index is 13.0. The van der Waals surface area contributed by atoms with Gasteiger partial charge in [0, 0.05) is 11.9 Å². The second kappa shape index (κ2) is 9.89. The number of thioether (sulfide) groups is 1. The van der Waals surface area contributed by atoms with E-state index in [1.165, 1.54) is 4.68 Å². The summed E-state index contributed by atoms with van der Waals surface area (Å²) in [5.41, 5.74) is 1.12. The molecule has 160 valence electrons. The van der Waals surface area contributed by atoms with Crippen molar-refractivity contribution in [1.29, 1.82) is 5.26 Å². The summed E-state index contributed by atoms with van der Waals surface area (Å²) in [6.45, 7) is 0.597. The molecule has 4 aromatic rings. The molecule has 2 aromatic carbocycles. The van der Waals surface area contributed by atoms with Gasteiger partial charge in [-0.25, -0.2) is 4.68 Å². The maximum atomic E-state index is 13.0. The van der Waals surface area contributed by atoms with E-state index in [1.54, 1.807) is 18.2 Å². The lowest BCUT2D eigenvalue weighted by atomic mass is 10.1. The molecule has 1 amide bonds. The van der Waals surface area contributed by atoms with Gasteiger partial charge in [0.05, 0.1) is 30.2 Å². The third-order valence-electron chi connectivity index (χ3n) is 4.54. The lowest BCUT2D eigenvalue weighted by Gasteiger charge is -2.09. The number of amides is 1. The van der Waals surface area contributed by atoms with Gasteiger partial charge in [-0.15, -0.1) is 10.2 Å². The Morgan fingerprint density at radius 3 is 2.62 bits per heavy atom. The number of fused-ring (bicyclic) bond motifs is 1. The van der Waals surface area contributed by atoms with E-state index in [2.05, 4.69) is 20.6 Å². The number of nitriles is 1. The highest BCUT2D eigenvalue weighted by molar-refractivity contribution is 7.99. The highest BCUT2D eigenvalue weighted by Gasteiger charge is 2.18. The van der Waals surface area contributed by atoms with Gasteiger partial charge in [0.2, 0.25) is 5.91 Å². The molecule has 0 radical (unpaired) electrons. The van der Waals surface area contributed by atoms with Gasteiger partial charge in [-0.1, -0.05) is 60.3 Å². The van der Waals surface area contributed by atoms with Crippen molar-refractivity contribution in [3.8, 4) is 17.7 Å². The Bertz CT molecular complexity index is 1340. The average Bonchev–Trinajstić information content (AvgIpc) is 3.29. The molecule has 0 aliphatic heterocycles. The number of aromatic nitrogens is 4. The van der Waals surface area contributed by atoms with E-state index in [0.29, 0.717) is 29.6 Å². The fourth-order valence-electron chi connectivity index (χ4n) is 3.06. The molecule has 10 heteroatoms. The van der Waals surface area contributed by atoms with E-state index in [4.69, 9.17) is 9.68 Å². The van der Waals surface area contributed by atoms with E-state index in [0.717, 1.165) is 17.3 Å². The SMILES string of the molecule is N#CCCNC(=O)CSc1nnc(-c2nn(Cc3ccccc3)c(=O)c3ccccc23)o1. The van der Waals surface area contributed by atoms with Gasteiger partial charge >= 0.3 is 0 Å². The molecule has 0 saturated carbocycles. The number of hydrogen-bond acceptors (Lipinski definition) is 8. The van der Waals surface area contributed by atoms with E-state index < -0.39 is 0 Å². The zero-order chi connectivity index (χ0) is 22.3. The Morgan fingerprint density at radius 2 is 1.84 bits per heavy atom. The van der Waals surface area contributed by atoms with Crippen LogP contribution in [0, 0.1) is 11.3 Å². The molecule has 0 aliphatic rings. The number of carbonyl (C=O) groups is 1. The Labute approximate surface area is 187 Å². The van der Waals surface area contributed by atoms with Crippen LogP contribution in [0.1, 0.15) is 12.0 Å². The van der Waals surface area contributed by atoms with Gasteiger partial charge in [-0.3, -0.25) is 9.59 Å². The quantitative estimate of drug-likeness (QED) is 0.323. The van der Waals surface area contributed by atoms with Crippen LogP contribution < -0.4 is 10.9 Å². The second-order valence-corrected chi connectivity index (χ2v) is 7.69. The van der Waals surface area contributed by atoms with Gasteiger partial charge in [-0.2, -0.15) is 10.4 Å². The Hall–Kier alpha value is -3.97. The van der Waals surface area contributed by atoms with E-state index >= 15 is 0 Å². The fourth-order valence-corrected chi connectivity index (χ4v) is 3.65. The summed E-state index contributed by atoms with van der Waals surface area (Å²) >= 11 is 1.09. The molecule has 32 heavy (non-hydrogen) atoms. The van der Waals surface area contributed by atoms with E-state index in [9.17, 15) is 9.59 Å². The molecule has 1 N–H and O–H groups in total. The second-order valence-electron chi connectivity index (χ2n) is 6.76. The van der Waals surface area contributed by atoms with Crippen molar-refractivity contribution in [3.63, 3.8) is 0 Å². The minimum atomic E-state index is -0.231. The third kappa shape index (κ3) is 4.84. The van der Waals surface area contributed by atoms with Crippen molar-refractivity contribution in [1.82, 2.24) is 25.3 Å². The summed E-state index contributed by atoms with van der Waals surface area (Å²) < 4.78 is 7.11. The standard InChI is InChI=1S/C22H18N6O3S/c23-11-6-12-24-18(29)14-32-22-26-25-20(31-22)19-16-9-4-5-10-17(16)21(30)28(27-19)13-15-7-2-1-3-8-15/h1-5,7-10H,6,12-14H2,(H,24,29). The summed E-state index contributed by atoms with van der Waals surface area (Å²) in [5.74, 6) is 0.00903. The molecule has 9 nitrogen and oxygen atoms in total. The lowest BCUT2D eigenvalue weighted by Crippen LogP contribution is -2.25. The predicted octanol–water partition coefficient (Wildman–Crippen LogP) is 2.62. The van der Waals surface area contributed by atoms with Crippen LogP contribution in [-0.4, -0.2) is 38.2 Å². The summed E-state index contributed by atoms with van der Waals surface area (Å²) in [4.78, 5) is 24.8. The molecule has 2 heterocycles. The summed E-state index contributed by atoms with van der Waals surface area (Å²) in [7, 11) is 0. The summed E-state index contributed by atoms with van der Waals surface area (Å²) in [5, 5.41) is 25.1. The summed E-state index contributed by atoms with van der Waals surface area (Å²) in [6.07, 6.45) is 0.249. The molecule has 4 rings (SSSR count). The smallest absolute Gasteiger partial charge is 0.277 e. The average molecular weight is 446 g/mol. The first kappa shape index (κ1) is 21.3. The van der Waals surface area contributed by atoms with Crippen molar-refractivity contribution >= 4 is 28.4 Å². The van der Waals surface area contributed by atoms with Crippen LogP contribution in [0.4, 0.5) is 0 Å². The highest BCUT2D eigenvalue weighted by atomic mass is 32.2. The van der Waals surface area contributed by atoms with Crippen molar-refractivity contribution in [2.45, 2.75) is 18.2 Å². The molecule has 0 bridgehead atoms. The van der Waals surface area contributed by atoms with Crippen LogP contribution in [0.15, 0.2) is 69.0 Å². The third-order valence-corrected chi connectivity index (χ3v) is 5.36. The topological polar surface area (TPSA) is 127 Å². The minimum absolute atomic E-state index is 0.0781. The molecular weight excluding hydrogens is 428 g/mol. The van der Waals surface area contributed by atoms with Gasteiger partial charge < -0.3 is 9.73 Å². The Balaban J connectivity index is 1.61. The Kier molecular flexibility index (Phi) is 6.57. The van der Waals surface area contributed by atoms with E-state index in [1.807, 2.05) is 42.5 Å². The number of nitrogens with one attached hydrogen (secondary N) is 1. The van der Waals surface area contributed by atoms with Crippen LogP contribution in [0.3, 0.4) is 0 Å². The van der Waals surface area contributed by atoms with Gasteiger partial charge in [0.25, 0.3) is 16.7 Å². The van der Waals surface area contributed by atoms with Gasteiger partial charge in [0.1, 0.15) is 0 Å². The monoisotopic (exact) mass is 446 g/mol. The van der Waals surface area contributed by atoms with Crippen molar-refractivity contribution < 1.29 is 9.21 Å². The normalized spacial score (nSPS) is 10.7.